The van der Waals surface area contributed by atoms with Crippen LogP contribution in [-0.2, 0) is 13.6 Å². The summed E-state index contributed by atoms with van der Waals surface area (Å²) in [4.78, 5) is 4.12. The number of aliphatic hydroxyl groups is 1. The molecule has 0 saturated heterocycles. The normalized spacial score (nSPS) is 12.0. The molecule has 0 fully saturated rings. The van der Waals surface area contributed by atoms with E-state index >= 15 is 0 Å². The van der Waals surface area contributed by atoms with Gasteiger partial charge in [0.25, 0.3) is 0 Å². The van der Waals surface area contributed by atoms with Crippen molar-refractivity contribution in [3.8, 4) is 0 Å². The molecule has 0 aliphatic heterocycles. The van der Waals surface area contributed by atoms with Crippen LogP contribution in [0.25, 0.3) is 0 Å². The lowest BCUT2D eigenvalue weighted by atomic mass is 9.90. The summed E-state index contributed by atoms with van der Waals surface area (Å²) in [5.41, 5.74) is 0.118. The first kappa shape index (κ1) is 12.1. The van der Waals surface area contributed by atoms with Crippen LogP contribution in [0.2, 0.25) is 0 Å². The van der Waals surface area contributed by atoms with Crippen LogP contribution < -0.4 is 5.32 Å². The summed E-state index contributed by atoms with van der Waals surface area (Å²) in [7, 11) is 1.88. The lowest BCUT2D eigenvalue weighted by molar-refractivity contribution is 0.206. The van der Waals surface area contributed by atoms with E-state index in [0.29, 0.717) is 6.54 Å². The van der Waals surface area contributed by atoms with Crippen LogP contribution in [0.15, 0.2) is 6.33 Å². The molecule has 1 rings (SSSR count). The van der Waals surface area contributed by atoms with Gasteiger partial charge in [-0.1, -0.05) is 13.8 Å². The van der Waals surface area contributed by atoms with Crippen molar-refractivity contribution >= 4 is 0 Å². The number of hydrogen-bond donors (Lipinski definition) is 2. The number of aliphatic hydroxyl groups excluding tert-OH is 1. The SMILES string of the molecule is Cn1ncnc1CNCC(C)(C)CCO. The molecular formula is C10H20N4O. The minimum Gasteiger partial charge on any atom is -0.396 e. The highest BCUT2D eigenvalue weighted by Crippen LogP contribution is 2.17. The van der Waals surface area contributed by atoms with Gasteiger partial charge in [-0.3, -0.25) is 4.68 Å². The monoisotopic (exact) mass is 212 g/mol. The quantitative estimate of drug-likeness (QED) is 0.712. The molecule has 15 heavy (non-hydrogen) atoms. The molecule has 86 valence electrons. The molecule has 0 radical (unpaired) electrons. The lowest BCUT2D eigenvalue weighted by Gasteiger charge is -2.23. The third-order valence-electron chi connectivity index (χ3n) is 2.48. The number of nitrogens with one attached hydrogen (secondary N) is 1. The van der Waals surface area contributed by atoms with Gasteiger partial charge in [0, 0.05) is 20.2 Å². The fourth-order valence-corrected chi connectivity index (χ4v) is 1.38. The first-order valence-corrected chi connectivity index (χ1v) is 5.19. The third-order valence-corrected chi connectivity index (χ3v) is 2.48. The molecule has 2 N–H and O–H groups in total. The van der Waals surface area contributed by atoms with Crippen molar-refractivity contribution in [1.29, 1.82) is 0 Å². The Kier molecular flexibility index (Phi) is 4.23. The second kappa shape index (κ2) is 5.23. The molecule has 0 amide bonds. The Bertz CT molecular complexity index is 295. The number of nitrogens with zero attached hydrogens (tertiary/aromatic N) is 3. The molecule has 0 unspecified atom stereocenters. The van der Waals surface area contributed by atoms with Crippen molar-refractivity contribution < 1.29 is 5.11 Å². The van der Waals surface area contributed by atoms with E-state index in [4.69, 9.17) is 5.11 Å². The van der Waals surface area contributed by atoms with E-state index in [1.165, 1.54) is 0 Å². The summed E-state index contributed by atoms with van der Waals surface area (Å²) in [6.45, 7) is 6.07. The second-order valence-corrected chi connectivity index (χ2v) is 4.54. The van der Waals surface area contributed by atoms with Crippen molar-refractivity contribution in [2.45, 2.75) is 26.8 Å². The smallest absolute Gasteiger partial charge is 0.140 e. The Morgan fingerprint density at radius 1 is 1.53 bits per heavy atom. The Labute approximate surface area is 90.5 Å². The van der Waals surface area contributed by atoms with Gasteiger partial charge in [-0.2, -0.15) is 5.10 Å². The molecular weight excluding hydrogens is 192 g/mol. The maximum Gasteiger partial charge on any atom is 0.140 e. The Morgan fingerprint density at radius 2 is 2.27 bits per heavy atom. The number of aromatic nitrogens is 3. The summed E-state index contributed by atoms with van der Waals surface area (Å²) in [5, 5.41) is 16.2. The van der Waals surface area contributed by atoms with Gasteiger partial charge in [0.2, 0.25) is 0 Å². The van der Waals surface area contributed by atoms with Crippen molar-refractivity contribution in [1.82, 2.24) is 20.1 Å². The highest BCUT2D eigenvalue weighted by atomic mass is 16.3. The average molecular weight is 212 g/mol. The minimum absolute atomic E-state index is 0.118. The molecule has 0 bridgehead atoms. The van der Waals surface area contributed by atoms with E-state index in [0.717, 1.165) is 18.8 Å². The zero-order chi connectivity index (χ0) is 11.3. The van der Waals surface area contributed by atoms with Gasteiger partial charge in [0.15, 0.2) is 0 Å². The molecule has 0 aliphatic carbocycles. The lowest BCUT2D eigenvalue weighted by Crippen LogP contribution is -2.30. The maximum atomic E-state index is 8.88. The Balaban J connectivity index is 2.30. The maximum absolute atomic E-state index is 8.88. The predicted octanol–water partition coefficient (Wildman–Crippen LogP) is 0.313. The zero-order valence-electron chi connectivity index (χ0n) is 9.69. The van der Waals surface area contributed by atoms with Crippen LogP contribution in [0.5, 0.6) is 0 Å². The summed E-state index contributed by atoms with van der Waals surface area (Å²) in [6.07, 6.45) is 2.36. The van der Waals surface area contributed by atoms with Crippen molar-refractivity contribution in [2.24, 2.45) is 12.5 Å². The molecule has 5 heteroatoms. The Hall–Kier alpha value is -0.940. The van der Waals surface area contributed by atoms with Gasteiger partial charge in [-0.05, 0) is 11.8 Å². The summed E-state index contributed by atoms with van der Waals surface area (Å²) >= 11 is 0. The summed E-state index contributed by atoms with van der Waals surface area (Å²) in [6, 6.07) is 0. The van der Waals surface area contributed by atoms with Crippen molar-refractivity contribution in [3.05, 3.63) is 12.2 Å². The topological polar surface area (TPSA) is 63.0 Å². The van der Waals surface area contributed by atoms with E-state index in [2.05, 4.69) is 29.2 Å². The molecule has 1 heterocycles. The minimum atomic E-state index is 0.118. The Morgan fingerprint density at radius 3 is 2.80 bits per heavy atom. The second-order valence-electron chi connectivity index (χ2n) is 4.54. The highest BCUT2D eigenvalue weighted by Gasteiger charge is 2.16. The van der Waals surface area contributed by atoms with Gasteiger partial charge < -0.3 is 10.4 Å². The highest BCUT2D eigenvalue weighted by molar-refractivity contribution is 4.83. The van der Waals surface area contributed by atoms with Crippen molar-refractivity contribution in [3.63, 3.8) is 0 Å². The van der Waals surface area contributed by atoms with E-state index < -0.39 is 0 Å². The fraction of sp³-hybridized carbons (Fsp3) is 0.800. The molecule has 0 aromatic carbocycles. The summed E-state index contributed by atoms with van der Waals surface area (Å²) < 4.78 is 1.76. The largest absolute Gasteiger partial charge is 0.396 e. The molecule has 5 nitrogen and oxygen atoms in total. The zero-order valence-corrected chi connectivity index (χ0v) is 9.69. The number of rotatable bonds is 6. The third kappa shape index (κ3) is 3.97. The average Bonchev–Trinajstić information content (AvgIpc) is 2.51. The molecule has 0 atom stereocenters. The van der Waals surface area contributed by atoms with Crippen LogP contribution in [0.4, 0.5) is 0 Å². The molecule has 1 aromatic rings. The summed E-state index contributed by atoms with van der Waals surface area (Å²) in [5.74, 6) is 0.926. The van der Waals surface area contributed by atoms with Gasteiger partial charge in [0.05, 0.1) is 6.54 Å². The van der Waals surface area contributed by atoms with Crippen LogP contribution in [0.3, 0.4) is 0 Å². The molecule has 0 saturated carbocycles. The van der Waals surface area contributed by atoms with Gasteiger partial charge in [-0.15, -0.1) is 0 Å². The van der Waals surface area contributed by atoms with E-state index in [9.17, 15) is 0 Å². The van der Waals surface area contributed by atoms with Crippen LogP contribution >= 0.6 is 0 Å². The van der Waals surface area contributed by atoms with Crippen molar-refractivity contribution in [2.75, 3.05) is 13.2 Å². The van der Waals surface area contributed by atoms with E-state index in [1.54, 1.807) is 11.0 Å². The first-order valence-electron chi connectivity index (χ1n) is 5.19. The molecule has 0 aliphatic rings. The fourth-order valence-electron chi connectivity index (χ4n) is 1.38. The van der Waals surface area contributed by atoms with Gasteiger partial charge in [-0.25, -0.2) is 4.98 Å². The first-order chi connectivity index (χ1) is 7.05. The van der Waals surface area contributed by atoms with Crippen LogP contribution in [0.1, 0.15) is 26.1 Å². The van der Waals surface area contributed by atoms with E-state index in [1.807, 2.05) is 7.05 Å². The number of hydrogen-bond acceptors (Lipinski definition) is 4. The van der Waals surface area contributed by atoms with Gasteiger partial charge >= 0.3 is 0 Å². The molecule has 1 aromatic heterocycles. The standard InChI is InChI=1S/C10H20N4O/c1-10(2,4-5-15)7-11-6-9-12-8-13-14(9)3/h8,11,15H,4-7H2,1-3H3. The van der Waals surface area contributed by atoms with Crippen LogP contribution in [-0.4, -0.2) is 33.0 Å². The predicted molar refractivity (Wildman–Crippen MR) is 58.2 cm³/mol. The van der Waals surface area contributed by atoms with Crippen LogP contribution in [0, 0.1) is 5.41 Å². The van der Waals surface area contributed by atoms with E-state index in [-0.39, 0.29) is 12.0 Å². The molecule has 0 spiro atoms. The number of aryl methyl sites for hydroxylation is 1. The van der Waals surface area contributed by atoms with Gasteiger partial charge in [0.1, 0.15) is 12.2 Å².